The summed E-state index contributed by atoms with van der Waals surface area (Å²) < 4.78 is 12.7. The van der Waals surface area contributed by atoms with E-state index >= 15 is 0 Å². The van der Waals surface area contributed by atoms with Gasteiger partial charge in [-0.15, -0.1) is 10.2 Å². The number of rotatable bonds is 3. The van der Waals surface area contributed by atoms with Crippen molar-refractivity contribution >= 4 is 0 Å². The Kier molecular flexibility index (Phi) is 2.81. The number of nitrogens with zero attached hydrogens (tertiary/aromatic N) is 6. The van der Waals surface area contributed by atoms with Gasteiger partial charge < -0.3 is 13.5 Å². The van der Waals surface area contributed by atoms with Crippen LogP contribution in [0.1, 0.15) is 17.5 Å². The van der Waals surface area contributed by atoms with Crippen LogP contribution in [0.25, 0.3) is 11.6 Å². The lowest BCUT2D eigenvalue weighted by Gasteiger charge is -2.25. The number of fused-ring (bicyclic) bond motifs is 1. The average Bonchev–Trinajstić information content (AvgIpc) is 3.20. The van der Waals surface area contributed by atoms with E-state index in [1.807, 2.05) is 6.92 Å². The fourth-order valence-corrected chi connectivity index (χ4v) is 2.50. The Bertz CT molecular complexity index is 745. The van der Waals surface area contributed by atoms with Crippen LogP contribution < -0.4 is 0 Å². The molecule has 0 N–H and O–H groups in total. The molecule has 0 bridgehead atoms. The third kappa shape index (κ3) is 2.23. The highest BCUT2D eigenvalue weighted by Gasteiger charge is 2.21. The van der Waals surface area contributed by atoms with Crippen molar-refractivity contribution in [1.29, 1.82) is 0 Å². The van der Waals surface area contributed by atoms with Crippen LogP contribution in [0.2, 0.25) is 0 Å². The molecule has 3 aromatic heterocycles. The van der Waals surface area contributed by atoms with E-state index in [-0.39, 0.29) is 0 Å². The first kappa shape index (κ1) is 12.3. The van der Waals surface area contributed by atoms with Crippen LogP contribution in [0, 0.1) is 6.92 Å². The minimum atomic E-state index is 0.478. The van der Waals surface area contributed by atoms with Crippen molar-refractivity contribution in [1.82, 2.24) is 29.8 Å². The second kappa shape index (κ2) is 4.81. The summed E-state index contributed by atoms with van der Waals surface area (Å²) in [5, 5.41) is 12.2. The van der Waals surface area contributed by atoms with E-state index in [9.17, 15) is 0 Å². The summed E-state index contributed by atoms with van der Waals surface area (Å²) in [6.07, 6.45) is 1.59. The van der Waals surface area contributed by atoms with Gasteiger partial charge in [-0.05, 0) is 19.1 Å². The monoisotopic (exact) mass is 286 g/mol. The van der Waals surface area contributed by atoms with Gasteiger partial charge in [0.05, 0.1) is 19.4 Å². The van der Waals surface area contributed by atoms with Gasteiger partial charge in [0, 0.05) is 13.1 Å². The summed E-state index contributed by atoms with van der Waals surface area (Å²) >= 11 is 0. The summed E-state index contributed by atoms with van der Waals surface area (Å²) in [6, 6.07) is 3.60. The maximum absolute atomic E-state index is 5.28. The van der Waals surface area contributed by atoms with E-state index in [2.05, 4.69) is 29.8 Å². The van der Waals surface area contributed by atoms with Crippen LogP contribution in [-0.2, 0) is 19.6 Å². The average molecular weight is 286 g/mol. The highest BCUT2D eigenvalue weighted by atomic mass is 16.5. The summed E-state index contributed by atoms with van der Waals surface area (Å²) in [7, 11) is 0. The summed E-state index contributed by atoms with van der Waals surface area (Å²) in [5.74, 6) is 3.60. The van der Waals surface area contributed by atoms with Crippen LogP contribution in [-0.4, -0.2) is 36.3 Å². The number of hydrogen-bond donors (Lipinski definition) is 0. The molecule has 0 saturated carbocycles. The van der Waals surface area contributed by atoms with E-state index in [4.69, 9.17) is 8.94 Å². The van der Waals surface area contributed by atoms with Gasteiger partial charge in [0.2, 0.25) is 11.7 Å². The molecule has 1 aliphatic rings. The number of hydrogen-bond acceptors (Lipinski definition) is 7. The maximum atomic E-state index is 5.28. The predicted octanol–water partition coefficient (Wildman–Crippen LogP) is 1.25. The predicted molar refractivity (Wildman–Crippen MR) is 70.9 cm³/mol. The zero-order valence-electron chi connectivity index (χ0n) is 11.6. The molecule has 3 aromatic rings. The molecular formula is C13H14N6O2. The first-order valence-electron chi connectivity index (χ1n) is 6.77. The van der Waals surface area contributed by atoms with Gasteiger partial charge in [0.15, 0.2) is 5.76 Å². The maximum Gasteiger partial charge on any atom is 0.241 e. The molecule has 4 heterocycles. The lowest BCUT2D eigenvalue weighted by atomic mass is 10.3. The zero-order valence-corrected chi connectivity index (χ0v) is 11.6. The van der Waals surface area contributed by atoms with Gasteiger partial charge in [-0.2, -0.15) is 4.98 Å². The van der Waals surface area contributed by atoms with Gasteiger partial charge in [-0.25, -0.2) is 0 Å². The molecule has 0 aliphatic carbocycles. The molecule has 4 rings (SSSR count). The van der Waals surface area contributed by atoms with E-state index in [1.165, 1.54) is 0 Å². The Morgan fingerprint density at radius 3 is 3.10 bits per heavy atom. The fraction of sp³-hybridized carbons (Fsp3) is 0.385. The van der Waals surface area contributed by atoms with Gasteiger partial charge in [-0.1, -0.05) is 5.16 Å². The van der Waals surface area contributed by atoms with Crippen molar-refractivity contribution in [2.75, 3.05) is 6.54 Å². The molecule has 21 heavy (non-hydrogen) atoms. The highest BCUT2D eigenvalue weighted by Crippen LogP contribution is 2.18. The second-order valence-electron chi connectivity index (χ2n) is 5.01. The molecule has 8 nitrogen and oxygen atoms in total. The Labute approximate surface area is 120 Å². The lowest BCUT2D eigenvalue weighted by Crippen LogP contribution is -2.33. The van der Waals surface area contributed by atoms with Crippen molar-refractivity contribution in [2.45, 2.75) is 26.6 Å². The van der Waals surface area contributed by atoms with Crippen LogP contribution >= 0.6 is 0 Å². The molecule has 0 atom stereocenters. The van der Waals surface area contributed by atoms with E-state index in [1.54, 1.807) is 18.4 Å². The molecule has 0 radical (unpaired) electrons. The number of furan rings is 1. The molecule has 0 fully saturated rings. The van der Waals surface area contributed by atoms with E-state index < -0.39 is 0 Å². The van der Waals surface area contributed by atoms with Crippen LogP contribution in [0.3, 0.4) is 0 Å². The summed E-state index contributed by atoms with van der Waals surface area (Å²) in [4.78, 5) is 6.56. The fourth-order valence-electron chi connectivity index (χ4n) is 2.50. The smallest absolute Gasteiger partial charge is 0.241 e. The van der Waals surface area contributed by atoms with Crippen molar-refractivity contribution in [3.63, 3.8) is 0 Å². The molecule has 0 saturated heterocycles. The topological polar surface area (TPSA) is 86.0 Å². The molecule has 0 amide bonds. The molecule has 1 aliphatic heterocycles. The Morgan fingerprint density at radius 2 is 2.24 bits per heavy atom. The van der Waals surface area contributed by atoms with Gasteiger partial charge in [0.1, 0.15) is 11.6 Å². The SMILES string of the molecule is Cc1nnc2n1CCN(Cc1nc(-c3ccco3)no1)C2. The Morgan fingerprint density at radius 1 is 1.29 bits per heavy atom. The summed E-state index contributed by atoms with van der Waals surface area (Å²) in [6.45, 7) is 5.09. The van der Waals surface area contributed by atoms with Crippen molar-refractivity contribution in [3.8, 4) is 11.6 Å². The first-order chi connectivity index (χ1) is 10.3. The molecule has 108 valence electrons. The molecule has 0 unspecified atom stereocenters. The van der Waals surface area contributed by atoms with E-state index in [0.717, 1.165) is 31.3 Å². The Hall–Kier alpha value is -2.48. The van der Waals surface area contributed by atoms with Crippen molar-refractivity contribution in [3.05, 3.63) is 35.9 Å². The van der Waals surface area contributed by atoms with Crippen LogP contribution in [0.15, 0.2) is 27.3 Å². The number of aromatic nitrogens is 5. The quantitative estimate of drug-likeness (QED) is 0.716. The number of aryl methyl sites for hydroxylation is 1. The second-order valence-corrected chi connectivity index (χ2v) is 5.01. The zero-order chi connectivity index (χ0) is 14.2. The third-order valence-electron chi connectivity index (χ3n) is 3.59. The highest BCUT2D eigenvalue weighted by molar-refractivity contribution is 5.44. The molecule has 8 heteroatoms. The third-order valence-corrected chi connectivity index (χ3v) is 3.59. The molecule has 0 aromatic carbocycles. The van der Waals surface area contributed by atoms with Crippen LogP contribution in [0.4, 0.5) is 0 Å². The first-order valence-corrected chi connectivity index (χ1v) is 6.77. The minimum Gasteiger partial charge on any atom is -0.461 e. The lowest BCUT2D eigenvalue weighted by molar-refractivity contribution is 0.182. The standard InChI is InChI=1S/C13H14N6O2/c1-9-15-16-11-7-18(4-5-19(9)11)8-12-14-13(17-21-12)10-3-2-6-20-10/h2-3,6H,4-5,7-8H2,1H3. The van der Waals surface area contributed by atoms with Crippen molar-refractivity contribution < 1.29 is 8.94 Å². The van der Waals surface area contributed by atoms with Gasteiger partial charge >= 0.3 is 0 Å². The molecular weight excluding hydrogens is 272 g/mol. The van der Waals surface area contributed by atoms with Crippen LogP contribution in [0.5, 0.6) is 0 Å². The molecule has 0 spiro atoms. The largest absolute Gasteiger partial charge is 0.461 e. The summed E-state index contributed by atoms with van der Waals surface area (Å²) in [5.41, 5.74) is 0. The van der Waals surface area contributed by atoms with E-state index in [0.29, 0.717) is 24.0 Å². The van der Waals surface area contributed by atoms with Gasteiger partial charge in [0.25, 0.3) is 0 Å². The normalized spacial score (nSPS) is 15.3. The Balaban J connectivity index is 1.48. The van der Waals surface area contributed by atoms with Crippen molar-refractivity contribution in [2.24, 2.45) is 0 Å². The van der Waals surface area contributed by atoms with Gasteiger partial charge in [-0.3, -0.25) is 4.90 Å². The minimum absolute atomic E-state index is 0.478.